The number of benzene rings is 1. The lowest BCUT2D eigenvalue weighted by Gasteiger charge is -2.04. The number of thiazole rings is 1. The van der Waals surface area contributed by atoms with Crippen molar-refractivity contribution in [3.8, 4) is 5.75 Å². The monoisotopic (exact) mass is 390 g/mol. The van der Waals surface area contributed by atoms with Gasteiger partial charge < -0.3 is 9.30 Å². The second-order valence-corrected chi connectivity index (χ2v) is 8.14. The summed E-state index contributed by atoms with van der Waals surface area (Å²) in [5.74, 6) is 1.52. The largest absolute Gasteiger partial charge is 0.497 e. The summed E-state index contributed by atoms with van der Waals surface area (Å²) in [5, 5.41) is 1.98. The Kier molecular flexibility index (Phi) is 6.12. The number of carbonyl (C=O) groups excluding carboxylic acids is 1. The minimum atomic E-state index is -0.246. The Labute approximate surface area is 158 Å². The summed E-state index contributed by atoms with van der Waals surface area (Å²) < 4.78 is 8.47. The van der Waals surface area contributed by atoms with Crippen molar-refractivity contribution in [1.82, 2.24) is 4.57 Å². The van der Waals surface area contributed by atoms with Crippen molar-refractivity contribution in [2.45, 2.75) is 6.54 Å². The summed E-state index contributed by atoms with van der Waals surface area (Å²) >= 11 is 4.88. The molecule has 1 aromatic carbocycles. The Morgan fingerprint density at radius 2 is 2.28 bits per heavy atom. The Hall–Kier alpha value is -1.83. The molecule has 2 aromatic heterocycles. The topological polar surface area (TPSA) is 43.6 Å². The number of thiophene rings is 1. The number of rotatable bonds is 6. The number of nitrogens with zero attached hydrogens (tertiary/aromatic N) is 2. The molecule has 3 rings (SSSR count). The molecule has 130 valence electrons. The predicted molar refractivity (Wildman–Crippen MR) is 109 cm³/mol. The zero-order chi connectivity index (χ0) is 17.6. The highest BCUT2D eigenvalue weighted by atomic mass is 32.2. The van der Waals surface area contributed by atoms with Gasteiger partial charge in [-0.25, -0.2) is 0 Å². The fourth-order valence-corrected chi connectivity index (χ4v) is 4.41. The number of amides is 1. The van der Waals surface area contributed by atoms with Gasteiger partial charge in [0.2, 0.25) is 0 Å². The van der Waals surface area contributed by atoms with E-state index in [0.717, 1.165) is 37.9 Å². The Morgan fingerprint density at radius 3 is 3.00 bits per heavy atom. The van der Waals surface area contributed by atoms with Gasteiger partial charge in [-0.2, -0.15) is 16.8 Å². The SMILES string of the molecule is COc1ccc2c(c1)sc(=NC(=O)C=Cc1cccs1)n2CCSC. The van der Waals surface area contributed by atoms with Gasteiger partial charge in [0.1, 0.15) is 5.75 Å². The van der Waals surface area contributed by atoms with Crippen molar-refractivity contribution >= 4 is 56.6 Å². The van der Waals surface area contributed by atoms with E-state index in [4.69, 9.17) is 4.74 Å². The molecule has 0 radical (unpaired) electrons. The Balaban J connectivity index is 1.99. The molecule has 0 atom stereocenters. The standard InChI is InChI=1S/C18H18N2O2S3/c1-22-13-5-7-15-16(12-13)25-18(20(15)9-11-23-2)19-17(21)8-6-14-4-3-10-24-14/h3-8,10,12H,9,11H2,1-2H3. The van der Waals surface area contributed by atoms with E-state index in [1.807, 2.05) is 35.7 Å². The molecule has 0 aliphatic heterocycles. The predicted octanol–water partition coefficient (Wildman–Crippen LogP) is 4.28. The summed E-state index contributed by atoms with van der Waals surface area (Å²) in [6.45, 7) is 0.814. The number of aryl methyl sites for hydroxylation is 1. The van der Waals surface area contributed by atoms with Gasteiger partial charge in [-0.1, -0.05) is 17.4 Å². The fraction of sp³-hybridized carbons (Fsp3) is 0.222. The highest BCUT2D eigenvalue weighted by Crippen LogP contribution is 2.23. The van der Waals surface area contributed by atoms with E-state index in [2.05, 4.69) is 15.8 Å². The summed E-state index contributed by atoms with van der Waals surface area (Å²) in [6, 6.07) is 9.88. The first-order valence-electron chi connectivity index (χ1n) is 7.68. The molecule has 25 heavy (non-hydrogen) atoms. The van der Waals surface area contributed by atoms with E-state index in [9.17, 15) is 4.79 Å². The third-order valence-electron chi connectivity index (χ3n) is 3.55. The van der Waals surface area contributed by atoms with Gasteiger partial charge in [0.15, 0.2) is 4.80 Å². The van der Waals surface area contributed by atoms with Crippen LogP contribution in [0.3, 0.4) is 0 Å². The number of methoxy groups -OCH3 is 1. The van der Waals surface area contributed by atoms with Crippen molar-refractivity contribution in [1.29, 1.82) is 0 Å². The van der Waals surface area contributed by atoms with E-state index in [1.54, 1.807) is 36.3 Å². The lowest BCUT2D eigenvalue weighted by atomic mass is 10.3. The lowest BCUT2D eigenvalue weighted by molar-refractivity contribution is -0.113. The minimum Gasteiger partial charge on any atom is -0.497 e. The van der Waals surface area contributed by atoms with Gasteiger partial charge in [-0.3, -0.25) is 4.79 Å². The third-order valence-corrected chi connectivity index (χ3v) is 6.02. The molecule has 0 bridgehead atoms. The first-order valence-corrected chi connectivity index (χ1v) is 10.8. The first-order chi connectivity index (χ1) is 12.2. The van der Waals surface area contributed by atoms with E-state index >= 15 is 0 Å². The van der Waals surface area contributed by atoms with E-state index < -0.39 is 0 Å². The molecule has 3 aromatic rings. The maximum absolute atomic E-state index is 12.2. The summed E-state index contributed by atoms with van der Waals surface area (Å²) in [7, 11) is 1.65. The van der Waals surface area contributed by atoms with Crippen molar-refractivity contribution in [3.63, 3.8) is 0 Å². The molecule has 4 nitrogen and oxygen atoms in total. The quantitative estimate of drug-likeness (QED) is 0.590. The molecule has 1 amide bonds. The van der Waals surface area contributed by atoms with Crippen LogP contribution in [0.1, 0.15) is 4.88 Å². The van der Waals surface area contributed by atoms with Crippen LogP contribution < -0.4 is 9.54 Å². The number of thioether (sulfide) groups is 1. The number of hydrogen-bond acceptors (Lipinski definition) is 5. The van der Waals surface area contributed by atoms with Crippen molar-refractivity contribution < 1.29 is 9.53 Å². The average molecular weight is 391 g/mol. The van der Waals surface area contributed by atoms with Gasteiger partial charge >= 0.3 is 0 Å². The summed E-state index contributed by atoms with van der Waals surface area (Å²) in [5.41, 5.74) is 1.08. The maximum Gasteiger partial charge on any atom is 0.272 e. The number of carbonyl (C=O) groups is 1. The fourth-order valence-electron chi connectivity index (χ4n) is 2.34. The van der Waals surface area contributed by atoms with E-state index in [1.165, 1.54) is 17.4 Å². The summed E-state index contributed by atoms with van der Waals surface area (Å²) in [4.78, 5) is 18.3. The number of fused-ring (bicyclic) bond motifs is 1. The zero-order valence-corrected chi connectivity index (χ0v) is 16.4. The highest BCUT2D eigenvalue weighted by Gasteiger charge is 2.08. The van der Waals surface area contributed by atoms with Crippen LogP contribution >= 0.6 is 34.4 Å². The van der Waals surface area contributed by atoms with E-state index in [-0.39, 0.29) is 5.91 Å². The maximum atomic E-state index is 12.2. The molecule has 0 aliphatic rings. The van der Waals surface area contributed by atoms with Crippen molar-refractivity contribution in [3.05, 3.63) is 51.5 Å². The molecular weight excluding hydrogens is 372 g/mol. The molecule has 0 saturated heterocycles. The zero-order valence-electron chi connectivity index (χ0n) is 14.0. The van der Waals surface area contributed by atoms with Crippen LogP contribution in [0.4, 0.5) is 0 Å². The van der Waals surface area contributed by atoms with E-state index in [0.29, 0.717) is 0 Å². The molecule has 0 fully saturated rings. The molecule has 2 heterocycles. The molecule has 0 saturated carbocycles. The highest BCUT2D eigenvalue weighted by molar-refractivity contribution is 7.98. The van der Waals surface area contributed by atoms with Gasteiger partial charge in [0.05, 0.1) is 17.3 Å². The number of aromatic nitrogens is 1. The van der Waals surface area contributed by atoms with Gasteiger partial charge in [-0.15, -0.1) is 11.3 Å². The normalized spacial score (nSPS) is 12.3. The van der Waals surface area contributed by atoms with Crippen LogP contribution in [0.5, 0.6) is 5.75 Å². The van der Waals surface area contributed by atoms with Crippen LogP contribution in [0.2, 0.25) is 0 Å². The van der Waals surface area contributed by atoms with Crippen LogP contribution in [0.15, 0.2) is 46.8 Å². The first kappa shape index (κ1) is 18.0. The second kappa shape index (κ2) is 8.51. The van der Waals surface area contributed by atoms with Crippen molar-refractivity contribution in [2.24, 2.45) is 4.99 Å². The number of ether oxygens (including phenoxy) is 1. The van der Waals surface area contributed by atoms with Gasteiger partial charge in [-0.05, 0) is 42.0 Å². The van der Waals surface area contributed by atoms with Gasteiger partial charge in [0, 0.05) is 23.3 Å². The van der Waals surface area contributed by atoms with Gasteiger partial charge in [0.25, 0.3) is 5.91 Å². The smallest absolute Gasteiger partial charge is 0.272 e. The minimum absolute atomic E-state index is 0.246. The Morgan fingerprint density at radius 1 is 1.40 bits per heavy atom. The van der Waals surface area contributed by atoms with Crippen LogP contribution in [-0.2, 0) is 11.3 Å². The van der Waals surface area contributed by atoms with Crippen LogP contribution in [0.25, 0.3) is 16.3 Å². The molecule has 0 aliphatic carbocycles. The summed E-state index contributed by atoms with van der Waals surface area (Å²) in [6.07, 6.45) is 5.40. The van der Waals surface area contributed by atoms with Crippen molar-refractivity contribution in [2.75, 3.05) is 19.1 Å². The Bertz CT molecular complexity index is 953. The van der Waals surface area contributed by atoms with Crippen LogP contribution in [-0.4, -0.2) is 29.6 Å². The molecular formula is C18H18N2O2S3. The molecule has 0 N–H and O–H groups in total. The second-order valence-electron chi connectivity index (χ2n) is 5.16. The average Bonchev–Trinajstić information content (AvgIpc) is 3.25. The number of hydrogen-bond donors (Lipinski definition) is 0. The molecule has 0 unspecified atom stereocenters. The molecule has 0 spiro atoms. The third kappa shape index (κ3) is 4.42. The lowest BCUT2D eigenvalue weighted by Crippen LogP contribution is -2.17. The van der Waals surface area contributed by atoms with Crippen LogP contribution in [0, 0.1) is 0 Å². The molecule has 7 heteroatoms.